The summed E-state index contributed by atoms with van der Waals surface area (Å²) < 4.78 is 0. The molecule has 0 saturated carbocycles. The molecule has 0 atom stereocenters. The Bertz CT molecular complexity index is 1300. The van der Waals surface area contributed by atoms with Crippen molar-refractivity contribution in [2.75, 3.05) is 0 Å². The van der Waals surface area contributed by atoms with Crippen molar-refractivity contribution in [3.63, 3.8) is 0 Å². The lowest BCUT2D eigenvalue weighted by molar-refractivity contribution is 0.0956. The number of carbonyl (C=O) groups is 1. The average Bonchev–Trinajstić information content (AvgIpc) is 3.19. The molecule has 0 aliphatic heterocycles. The van der Waals surface area contributed by atoms with Crippen LogP contribution >= 0.6 is 58.0 Å². The fourth-order valence-corrected chi connectivity index (χ4v) is 4.06. The Hall–Kier alpha value is -2.28. The van der Waals surface area contributed by atoms with Crippen LogP contribution in [0.5, 0.6) is 0 Å². The van der Waals surface area contributed by atoms with Crippen LogP contribution in [0.15, 0.2) is 53.6 Å². The summed E-state index contributed by atoms with van der Waals surface area (Å²) in [6, 6.07) is 14.3. The molecule has 4 aromatic rings. The summed E-state index contributed by atoms with van der Waals surface area (Å²) in [6.45, 7) is 0. The Labute approximate surface area is 201 Å². The fraction of sp³-hybridized carbons (Fsp3) is 0. The molecule has 1 heterocycles. The molecule has 4 rings (SSSR count). The number of imidazole rings is 1. The molecule has 0 unspecified atom stereocenters. The maximum Gasteiger partial charge on any atom is 0.273 e. The first-order valence-electron chi connectivity index (χ1n) is 8.77. The molecule has 5 nitrogen and oxygen atoms in total. The number of benzene rings is 3. The molecule has 0 fully saturated rings. The number of hydrogen-bond acceptors (Lipinski definition) is 3. The van der Waals surface area contributed by atoms with Crippen LogP contribution in [0.4, 0.5) is 0 Å². The van der Waals surface area contributed by atoms with Gasteiger partial charge in [0.2, 0.25) is 0 Å². The Morgan fingerprint density at radius 1 is 0.903 bits per heavy atom. The summed E-state index contributed by atoms with van der Waals surface area (Å²) >= 11 is 31.2. The molecule has 0 aliphatic carbocycles. The minimum atomic E-state index is -0.633. The summed E-state index contributed by atoms with van der Waals surface area (Å²) in [7, 11) is 0. The lowest BCUT2D eigenvalue weighted by atomic mass is 10.1. The van der Waals surface area contributed by atoms with E-state index in [2.05, 4.69) is 20.5 Å². The Morgan fingerprint density at radius 3 is 2.29 bits per heavy atom. The van der Waals surface area contributed by atoms with Gasteiger partial charge >= 0.3 is 0 Å². The van der Waals surface area contributed by atoms with Gasteiger partial charge in [0.25, 0.3) is 5.91 Å². The van der Waals surface area contributed by atoms with E-state index >= 15 is 0 Å². The highest BCUT2D eigenvalue weighted by atomic mass is 35.5. The van der Waals surface area contributed by atoms with Gasteiger partial charge in [-0.25, -0.2) is 10.4 Å². The first-order chi connectivity index (χ1) is 14.9. The monoisotopic (exact) mass is 510 g/mol. The van der Waals surface area contributed by atoms with E-state index in [4.69, 9.17) is 58.0 Å². The molecule has 0 bridgehead atoms. The van der Waals surface area contributed by atoms with Crippen molar-refractivity contribution in [3.8, 4) is 11.4 Å². The van der Waals surface area contributed by atoms with Crippen molar-refractivity contribution in [1.82, 2.24) is 15.4 Å². The first-order valence-corrected chi connectivity index (χ1v) is 10.7. The molecule has 0 spiro atoms. The van der Waals surface area contributed by atoms with Gasteiger partial charge in [0.15, 0.2) is 0 Å². The van der Waals surface area contributed by atoms with Crippen molar-refractivity contribution in [1.29, 1.82) is 0 Å². The number of rotatable bonds is 4. The number of halogens is 5. The van der Waals surface area contributed by atoms with Gasteiger partial charge in [-0.05, 0) is 29.8 Å². The molecular formula is C21H11Cl5N4O. The highest BCUT2D eigenvalue weighted by molar-refractivity contribution is 6.54. The van der Waals surface area contributed by atoms with Gasteiger partial charge in [0.05, 0.1) is 48.5 Å². The number of aromatic amines is 1. The van der Waals surface area contributed by atoms with Crippen molar-refractivity contribution >= 4 is 81.2 Å². The predicted molar refractivity (Wildman–Crippen MR) is 128 cm³/mol. The molecule has 0 saturated heterocycles. The van der Waals surface area contributed by atoms with Crippen LogP contribution in [0.2, 0.25) is 25.1 Å². The second-order valence-corrected chi connectivity index (χ2v) is 8.31. The third-order valence-corrected chi connectivity index (χ3v) is 6.42. The molecule has 0 radical (unpaired) electrons. The second kappa shape index (κ2) is 9.07. The van der Waals surface area contributed by atoms with E-state index in [1.165, 1.54) is 6.21 Å². The molecule has 3 aromatic carbocycles. The number of amides is 1. The predicted octanol–water partition coefficient (Wildman–Crippen LogP) is 7.26. The quantitative estimate of drug-likeness (QED) is 0.131. The maximum atomic E-state index is 13.0. The van der Waals surface area contributed by atoms with Gasteiger partial charge in [0, 0.05) is 5.02 Å². The number of nitrogens with zero attached hydrogens (tertiary/aromatic N) is 2. The zero-order chi connectivity index (χ0) is 22.1. The minimum Gasteiger partial charge on any atom is -0.338 e. The van der Waals surface area contributed by atoms with E-state index in [0.717, 1.165) is 11.1 Å². The molecule has 31 heavy (non-hydrogen) atoms. The third-order valence-electron chi connectivity index (χ3n) is 4.37. The third kappa shape index (κ3) is 4.38. The first kappa shape index (κ1) is 21.9. The zero-order valence-electron chi connectivity index (χ0n) is 15.4. The van der Waals surface area contributed by atoms with Gasteiger partial charge in [0.1, 0.15) is 5.82 Å². The SMILES string of the molecule is O=C(NN=Cc1ccc(Cl)cc1)c1c(Cl)c(Cl)c(Cl)c(Cl)c1-c1nc2ccccc2[nH]1. The number of para-hydroxylation sites is 2. The minimum absolute atomic E-state index is 0.00613. The summed E-state index contributed by atoms with van der Waals surface area (Å²) in [5.41, 5.74) is 4.82. The molecule has 156 valence electrons. The topological polar surface area (TPSA) is 70.1 Å². The number of fused-ring (bicyclic) bond motifs is 1. The molecule has 1 amide bonds. The number of aromatic nitrogens is 2. The summed E-state index contributed by atoms with van der Waals surface area (Å²) in [5.74, 6) is -0.315. The van der Waals surface area contributed by atoms with Crippen LogP contribution in [-0.4, -0.2) is 22.1 Å². The van der Waals surface area contributed by atoms with Crippen LogP contribution in [0, 0.1) is 0 Å². The highest BCUT2D eigenvalue weighted by Crippen LogP contribution is 2.45. The number of hydrogen-bond donors (Lipinski definition) is 2. The van der Waals surface area contributed by atoms with Crippen molar-refractivity contribution in [2.24, 2.45) is 5.10 Å². The van der Waals surface area contributed by atoms with Gasteiger partial charge in [-0.15, -0.1) is 0 Å². The largest absolute Gasteiger partial charge is 0.338 e. The Balaban J connectivity index is 1.77. The summed E-state index contributed by atoms with van der Waals surface area (Å²) in [5, 5.41) is 4.52. The lowest BCUT2D eigenvalue weighted by Gasteiger charge is -2.14. The fourth-order valence-electron chi connectivity index (χ4n) is 2.91. The number of carbonyl (C=O) groups excluding carboxylic acids is 1. The molecule has 2 N–H and O–H groups in total. The van der Waals surface area contributed by atoms with E-state index in [9.17, 15) is 4.79 Å². The number of H-pyrrole nitrogens is 1. The highest BCUT2D eigenvalue weighted by Gasteiger charge is 2.27. The zero-order valence-corrected chi connectivity index (χ0v) is 19.2. The average molecular weight is 513 g/mol. The van der Waals surface area contributed by atoms with E-state index in [1.807, 2.05) is 24.3 Å². The Morgan fingerprint density at radius 2 is 1.58 bits per heavy atom. The number of hydrazone groups is 1. The van der Waals surface area contributed by atoms with Crippen LogP contribution in [0.3, 0.4) is 0 Å². The van der Waals surface area contributed by atoms with Gasteiger partial charge in [-0.2, -0.15) is 5.10 Å². The summed E-state index contributed by atoms with van der Waals surface area (Å²) in [6.07, 6.45) is 1.46. The smallest absolute Gasteiger partial charge is 0.273 e. The van der Waals surface area contributed by atoms with Crippen LogP contribution in [0.25, 0.3) is 22.4 Å². The normalized spacial score (nSPS) is 11.4. The van der Waals surface area contributed by atoms with Crippen molar-refractivity contribution in [3.05, 3.63) is 84.8 Å². The van der Waals surface area contributed by atoms with Crippen molar-refractivity contribution < 1.29 is 4.79 Å². The van der Waals surface area contributed by atoms with Gasteiger partial charge in [-0.1, -0.05) is 82.3 Å². The standard InChI is InChI=1S/C21H11Cl5N4O/c22-11-7-5-10(6-8-11)9-27-30-21(31)15-14(16(23)18(25)19(26)17(15)24)20-28-12-3-1-2-4-13(12)29-20/h1-9H,(H,28,29)(H,30,31). The van der Waals surface area contributed by atoms with Crippen LogP contribution in [-0.2, 0) is 0 Å². The number of nitrogens with one attached hydrogen (secondary N) is 2. The Kier molecular flexibility index (Phi) is 6.42. The van der Waals surface area contributed by atoms with Crippen LogP contribution < -0.4 is 5.43 Å². The molecule has 1 aromatic heterocycles. The maximum absolute atomic E-state index is 13.0. The van der Waals surface area contributed by atoms with E-state index in [0.29, 0.717) is 16.4 Å². The lowest BCUT2D eigenvalue weighted by Crippen LogP contribution is -2.20. The summed E-state index contributed by atoms with van der Waals surface area (Å²) in [4.78, 5) is 20.6. The van der Waals surface area contributed by atoms with Crippen LogP contribution in [0.1, 0.15) is 15.9 Å². The molecule has 10 heteroatoms. The van der Waals surface area contributed by atoms with E-state index in [-0.39, 0.29) is 31.2 Å². The van der Waals surface area contributed by atoms with Gasteiger partial charge in [-0.3, -0.25) is 4.79 Å². The van der Waals surface area contributed by atoms with Gasteiger partial charge < -0.3 is 4.98 Å². The molecular weight excluding hydrogens is 502 g/mol. The van der Waals surface area contributed by atoms with E-state index < -0.39 is 5.91 Å². The molecule has 0 aliphatic rings. The van der Waals surface area contributed by atoms with Crippen molar-refractivity contribution in [2.45, 2.75) is 0 Å². The van der Waals surface area contributed by atoms with E-state index in [1.54, 1.807) is 24.3 Å². The second-order valence-electron chi connectivity index (χ2n) is 6.36.